The molecule has 0 amide bonds. The van der Waals surface area contributed by atoms with Crippen molar-refractivity contribution >= 4 is 18.3 Å². The van der Waals surface area contributed by atoms with Crippen molar-refractivity contribution in [3.05, 3.63) is 22.5 Å². The summed E-state index contributed by atoms with van der Waals surface area (Å²) in [5.41, 5.74) is 8.82. The molecule has 0 saturated heterocycles. The molecule has 154 valence electrons. The molecule has 0 bridgehead atoms. The van der Waals surface area contributed by atoms with Gasteiger partial charge in [0.05, 0.1) is 16.9 Å². The van der Waals surface area contributed by atoms with Gasteiger partial charge in [-0.05, 0) is 37.5 Å². The standard InChI is InChI=1S/C18H24F3N5O2/c1-24-7-13(15(22)18(19,20)21)17(28)5-10-3-9(4-11(10)6-17)14-12(8-27)16(23)26(2)25-14/h7-11,28H,3-6,22-23H2,1-2H3/b15-13+,24-7?. The summed E-state index contributed by atoms with van der Waals surface area (Å²) in [6.07, 6.45) is -1.50. The van der Waals surface area contributed by atoms with E-state index in [2.05, 4.69) is 10.1 Å². The van der Waals surface area contributed by atoms with E-state index < -0.39 is 17.5 Å². The molecule has 2 aliphatic carbocycles. The molecule has 1 heterocycles. The fraction of sp³-hybridized carbons (Fsp3) is 0.611. The number of rotatable bonds is 4. The normalized spacial score (nSPS) is 31.3. The highest BCUT2D eigenvalue weighted by Gasteiger charge is 2.53. The van der Waals surface area contributed by atoms with E-state index in [0.29, 0.717) is 36.2 Å². The Labute approximate surface area is 160 Å². The van der Waals surface area contributed by atoms with E-state index in [4.69, 9.17) is 11.5 Å². The maximum Gasteiger partial charge on any atom is 0.431 e. The molecule has 0 spiro atoms. The van der Waals surface area contributed by atoms with Crippen LogP contribution < -0.4 is 11.5 Å². The number of carbonyl (C=O) groups excluding carboxylic acids is 1. The molecule has 28 heavy (non-hydrogen) atoms. The number of halogens is 3. The van der Waals surface area contributed by atoms with Gasteiger partial charge < -0.3 is 16.6 Å². The SMILES string of the molecule is CN=C/C(=C(\N)C(F)(F)F)C1(O)CC2CC(c3nn(C)c(N)c3C=O)CC2C1. The molecule has 0 aliphatic heterocycles. The summed E-state index contributed by atoms with van der Waals surface area (Å²) in [6, 6.07) is 0. The number of aliphatic hydroxyl groups is 1. The lowest BCUT2D eigenvalue weighted by molar-refractivity contribution is -0.0952. The molecule has 1 aromatic rings. The molecule has 0 radical (unpaired) electrons. The number of hydrogen-bond donors (Lipinski definition) is 3. The van der Waals surface area contributed by atoms with E-state index in [0.717, 1.165) is 6.21 Å². The molecule has 2 atom stereocenters. The number of aromatic nitrogens is 2. The van der Waals surface area contributed by atoms with Gasteiger partial charge in [0.25, 0.3) is 0 Å². The Kier molecular flexibility index (Phi) is 5.03. The minimum atomic E-state index is -4.74. The predicted octanol–water partition coefficient (Wildman–Crippen LogP) is 1.93. The number of allylic oxidation sites excluding steroid dienone is 1. The maximum absolute atomic E-state index is 13.1. The summed E-state index contributed by atoms with van der Waals surface area (Å²) in [5.74, 6) is 0.273. The third-order valence-electron chi connectivity index (χ3n) is 6.06. The van der Waals surface area contributed by atoms with E-state index >= 15 is 0 Å². The molecule has 2 fully saturated rings. The van der Waals surface area contributed by atoms with Crippen molar-refractivity contribution in [2.24, 2.45) is 29.6 Å². The number of nitrogen functional groups attached to an aromatic ring is 1. The van der Waals surface area contributed by atoms with E-state index in [1.165, 1.54) is 11.7 Å². The van der Waals surface area contributed by atoms with E-state index in [1.807, 2.05) is 0 Å². The molecule has 5 N–H and O–H groups in total. The van der Waals surface area contributed by atoms with Crippen molar-refractivity contribution in [3.8, 4) is 0 Å². The van der Waals surface area contributed by atoms with Crippen LogP contribution in [0.15, 0.2) is 16.3 Å². The molecule has 1 aromatic heterocycles. The molecule has 10 heteroatoms. The first-order valence-corrected chi connectivity index (χ1v) is 9.01. The highest BCUT2D eigenvalue weighted by molar-refractivity contribution is 5.84. The Morgan fingerprint density at radius 1 is 1.36 bits per heavy atom. The van der Waals surface area contributed by atoms with Gasteiger partial charge in [-0.15, -0.1) is 0 Å². The quantitative estimate of drug-likeness (QED) is 0.528. The number of alkyl halides is 3. The Bertz CT molecular complexity index is 829. The fourth-order valence-electron chi connectivity index (χ4n) is 4.83. The largest absolute Gasteiger partial charge is 0.431 e. The molecule has 3 rings (SSSR count). The number of aryl methyl sites for hydroxylation is 1. The summed E-state index contributed by atoms with van der Waals surface area (Å²) >= 11 is 0. The molecule has 2 aliphatic rings. The number of anilines is 1. The average molecular weight is 399 g/mol. The van der Waals surface area contributed by atoms with E-state index in [9.17, 15) is 23.1 Å². The summed E-state index contributed by atoms with van der Waals surface area (Å²) in [7, 11) is 2.99. The van der Waals surface area contributed by atoms with Gasteiger partial charge in [0.2, 0.25) is 0 Å². The van der Waals surface area contributed by atoms with Gasteiger partial charge in [0.15, 0.2) is 6.29 Å². The number of fused-ring (bicyclic) bond motifs is 1. The summed E-state index contributed by atoms with van der Waals surface area (Å²) in [4.78, 5) is 15.0. The Morgan fingerprint density at radius 3 is 2.39 bits per heavy atom. The van der Waals surface area contributed by atoms with Crippen molar-refractivity contribution in [2.45, 2.75) is 43.4 Å². The van der Waals surface area contributed by atoms with Crippen LogP contribution in [0, 0.1) is 11.8 Å². The monoisotopic (exact) mass is 399 g/mol. The van der Waals surface area contributed by atoms with Crippen LogP contribution in [-0.4, -0.2) is 46.2 Å². The van der Waals surface area contributed by atoms with Gasteiger partial charge >= 0.3 is 6.18 Å². The Morgan fingerprint density at radius 2 is 1.93 bits per heavy atom. The lowest BCUT2D eigenvalue weighted by atomic mass is 9.86. The lowest BCUT2D eigenvalue weighted by Crippen LogP contribution is -2.36. The first-order chi connectivity index (χ1) is 13.0. The zero-order valence-electron chi connectivity index (χ0n) is 15.7. The summed E-state index contributed by atoms with van der Waals surface area (Å²) in [5, 5.41) is 15.4. The smallest absolute Gasteiger partial charge is 0.394 e. The van der Waals surface area contributed by atoms with Gasteiger partial charge in [-0.25, -0.2) is 0 Å². The number of aldehydes is 1. The first kappa shape index (κ1) is 20.4. The van der Waals surface area contributed by atoms with Crippen molar-refractivity contribution < 1.29 is 23.1 Å². The van der Waals surface area contributed by atoms with Crippen molar-refractivity contribution in [2.75, 3.05) is 12.8 Å². The van der Waals surface area contributed by atoms with Crippen LogP contribution in [-0.2, 0) is 7.05 Å². The molecule has 2 saturated carbocycles. The topological polar surface area (TPSA) is 120 Å². The van der Waals surface area contributed by atoms with Crippen molar-refractivity contribution in [3.63, 3.8) is 0 Å². The highest BCUT2D eigenvalue weighted by atomic mass is 19.4. The molecule has 0 aromatic carbocycles. The summed E-state index contributed by atoms with van der Waals surface area (Å²) < 4.78 is 40.8. The van der Waals surface area contributed by atoms with Gasteiger partial charge in [-0.1, -0.05) is 0 Å². The lowest BCUT2D eigenvalue weighted by Gasteiger charge is -2.28. The molecular formula is C18H24F3N5O2. The van der Waals surface area contributed by atoms with E-state index in [1.54, 1.807) is 7.05 Å². The predicted molar refractivity (Wildman–Crippen MR) is 97.8 cm³/mol. The van der Waals surface area contributed by atoms with Crippen LogP contribution in [0.25, 0.3) is 0 Å². The van der Waals surface area contributed by atoms with Crippen LogP contribution in [0.2, 0.25) is 0 Å². The Balaban J connectivity index is 1.85. The zero-order valence-corrected chi connectivity index (χ0v) is 15.7. The number of nitrogens with two attached hydrogens (primary N) is 2. The van der Waals surface area contributed by atoms with Gasteiger partial charge in [0, 0.05) is 31.8 Å². The van der Waals surface area contributed by atoms with Crippen molar-refractivity contribution in [1.29, 1.82) is 0 Å². The molecule has 2 unspecified atom stereocenters. The van der Waals surface area contributed by atoms with Crippen LogP contribution in [0.3, 0.4) is 0 Å². The number of hydrogen-bond acceptors (Lipinski definition) is 6. The van der Waals surface area contributed by atoms with Crippen LogP contribution >= 0.6 is 0 Å². The summed E-state index contributed by atoms with van der Waals surface area (Å²) in [6.45, 7) is 0. The van der Waals surface area contributed by atoms with Gasteiger partial charge in [-0.3, -0.25) is 14.5 Å². The second-order valence-electron chi connectivity index (χ2n) is 7.77. The third kappa shape index (κ3) is 3.30. The highest BCUT2D eigenvalue weighted by Crippen LogP contribution is 2.56. The van der Waals surface area contributed by atoms with E-state index in [-0.39, 0.29) is 36.2 Å². The fourth-order valence-corrected chi connectivity index (χ4v) is 4.83. The zero-order chi connectivity index (χ0) is 20.9. The number of aliphatic imine (C=N–C) groups is 1. The van der Waals surface area contributed by atoms with Gasteiger partial charge in [-0.2, -0.15) is 18.3 Å². The Hall–Kier alpha value is -2.36. The maximum atomic E-state index is 13.1. The third-order valence-corrected chi connectivity index (χ3v) is 6.06. The second kappa shape index (κ2) is 6.91. The number of carbonyl (C=O) groups is 1. The molecule has 7 nitrogen and oxygen atoms in total. The van der Waals surface area contributed by atoms with Gasteiger partial charge in [0.1, 0.15) is 11.5 Å². The number of nitrogens with zero attached hydrogens (tertiary/aromatic N) is 3. The van der Waals surface area contributed by atoms with Crippen LogP contribution in [0.4, 0.5) is 19.0 Å². The van der Waals surface area contributed by atoms with Crippen LogP contribution in [0.5, 0.6) is 0 Å². The van der Waals surface area contributed by atoms with Crippen LogP contribution in [0.1, 0.15) is 47.7 Å². The average Bonchev–Trinajstić information content (AvgIpc) is 3.21. The van der Waals surface area contributed by atoms with Crippen molar-refractivity contribution in [1.82, 2.24) is 9.78 Å². The second-order valence-corrected chi connectivity index (χ2v) is 7.77. The molecular weight excluding hydrogens is 375 g/mol. The minimum Gasteiger partial charge on any atom is -0.394 e. The first-order valence-electron chi connectivity index (χ1n) is 9.01. The minimum absolute atomic E-state index is 0.000905.